The predicted molar refractivity (Wildman–Crippen MR) is 84.4 cm³/mol. The molecule has 0 spiro atoms. The maximum atomic E-state index is 12.2. The Labute approximate surface area is 134 Å². The highest BCUT2D eigenvalue weighted by Gasteiger charge is 2.22. The number of nitrogens with zero attached hydrogens (tertiary/aromatic N) is 2. The number of nitrogens with one attached hydrogen (secondary N) is 1. The van der Waals surface area contributed by atoms with Gasteiger partial charge in [-0.05, 0) is 41.9 Å². The van der Waals surface area contributed by atoms with Crippen molar-refractivity contribution in [1.29, 1.82) is 0 Å². The van der Waals surface area contributed by atoms with E-state index in [1.165, 1.54) is 0 Å². The van der Waals surface area contributed by atoms with Gasteiger partial charge >= 0.3 is 0 Å². The fourth-order valence-corrected chi connectivity index (χ4v) is 2.45. The Hall–Kier alpha value is -0.360. The van der Waals surface area contributed by atoms with Gasteiger partial charge in [-0.15, -0.1) is 24.8 Å². The molecular weight excluding hydrogens is 353 g/mol. The summed E-state index contributed by atoms with van der Waals surface area (Å²) >= 11 is 3.33. The number of rotatable bonds is 2. The summed E-state index contributed by atoms with van der Waals surface area (Å²) in [5.74, 6) is 0.0772. The van der Waals surface area contributed by atoms with Gasteiger partial charge in [-0.3, -0.25) is 9.78 Å². The number of piperidine rings is 1. The second-order valence-electron chi connectivity index (χ2n) is 4.25. The molecule has 0 unspecified atom stereocenters. The first-order valence-electron chi connectivity index (χ1n) is 5.78. The molecule has 7 heteroatoms. The van der Waals surface area contributed by atoms with E-state index in [0.29, 0.717) is 11.6 Å². The molecule has 1 amide bonds. The third-order valence-corrected chi connectivity index (χ3v) is 3.58. The number of pyridine rings is 1. The molecule has 1 aromatic heterocycles. The van der Waals surface area contributed by atoms with E-state index in [1.54, 1.807) is 12.4 Å². The van der Waals surface area contributed by atoms with E-state index >= 15 is 0 Å². The topological polar surface area (TPSA) is 45.2 Å². The number of likely N-dealkylation sites (tertiary alicyclic amines) is 1. The van der Waals surface area contributed by atoms with Crippen LogP contribution in [-0.2, 0) is 0 Å². The van der Waals surface area contributed by atoms with Crippen LogP contribution in [0.5, 0.6) is 0 Å². The molecular formula is C12H18BrCl2N3O. The van der Waals surface area contributed by atoms with Crippen molar-refractivity contribution in [3.8, 4) is 0 Å². The van der Waals surface area contributed by atoms with Gasteiger partial charge in [0.1, 0.15) is 0 Å². The Morgan fingerprint density at radius 1 is 1.37 bits per heavy atom. The molecule has 108 valence electrons. The summed E-state index contributed by atoms with van der Waals surface area (Å²) < 4.78 is 0.841. The zero-order valence-corrected chi connectivity index (χ0v) is 13.9. The van der Waals surface area contributed by atoms with Crippen LogP contribution in [-0.4, -0.2) is 42.0 Å². The standard InChI is InChI=1S/C12H16BrN3O.2ClH/c1-14-11-2-4-16(5-3-11)12(17)9-6-10(13)8-15-7-9;;/h6-8,11,14H,2-5H2,1H3;2*1H. The molecule has 0 aromatic carbocycles. The minimum absolute atomic E-state index is 0. The van der Waals surface area contributed by atoms with Crippen LogP contribution in [0.1, 0.15) is 23.2 Å². The van der Waals surface area contributed by atoms with Gasteiger partial charge in [0, 0.05) is 36.0 Å². The average molecular weight is 371 g/mol. The predicted octanol–water partition coefficient (Wildman–Crippen LogP) is 2.51. The van der Waals surface area contributed by atoms with E-state index in [2.05, 4.69) is 26.2 Å². The third-order valence-electron chi connectivity index (χ3n) is 3.14. The van der Waals surface area contributed by atoms with Crippen LogP contribution >= 0.6 is 40.7 Å². The largest absolute Gasteiger partial charge is 0.338 e. The highest BCUT2D eigenvalue weighted by Crippen LogP contribution is 2.15. The zero-order valence-electron chi connectivity index (χ0n) is 10.6. The maximum absolute atomic E-state index is 12.2. The Morgan fingerprint density at radius 3 is 2.53 bits per heavy atom. The summed E-state index contributed by atoms with van der Waals surface area (Å²) in [5, 5.41) is 3.25. The first-order chi connectivity index (χ1) is 8.20. The molecule has 0 bridgehead atoms. The Morgan fingerprint density at radius 2 is 2.00 bits per heavy atom. The molecule has 2 heterocycles. The maximum Gasteiger partial charge on any atom is 0.255 e. The quantitative estimate of drug-likeness (QED) is 0.869. The lowest BCUT2D eigenvalue weighted by atomic mass is 10.0. The van der Waals surface area contributed by atoms with Gasteiger partial charge in [-0.25, -0.2) is 0 Å². The van der Waals surface area contributed by atoms with Gasteiger partial charge in [0.2, 0.25) is 0 Å². The Balaban J connectivity index is 0.00000162. The summed E-state index contributed by atoms with van der Waals surface area (Å²) in [5.41, 5.74) is 0.655. The van der Waals surface area contributed by atoms with E-state index in [1.807, 2.05) is 18.0 Å². The second-order valence-corrected chi connectivity index (χ2v) is 5.16. The molecule has 19 heavy (non-hydrogen) atoms. The second kappa shape index (κ2) is 8.74. The number of aromatic nitrogens is 1. The first-order valence-corrected chi connectivity index (χ1v) is 6.57. The highest BCUT2D eigenvalue weighted by molar-refractivity contribution is 9.10. The molecule has 0 saturated carbocycles. The van der Waals surface area contributed by atoms with Crippen LogP contribution in [0.25, 0.3) is 0 Å². The lowest BCUT2D eigenvalue weighted by Crippen LogP contribution is -2.43. The van der Waals surface area contributed by atoms with Crippen molar-refractivity contribution in [1.82, 2.24) is 15.2 Å². The van der Waals surface area contributed by atoms with Gasteiger partial charge in [-0.1, -0.05) is 0 Å². The van der Waals surface area contributed by atoms with E-state index in [0.717, 1.165) is 30.4 Å². The van der Waals surface area contributed by atoms with Crippen LogP contribution < -0.4 is 5.32 Å². The van der Waals surface area contributed by atoms with Gasteiger partial charge in [-0.2, -0.15) is 0 Å². The summed E-state index contributed by atoms with van der Waals surface area (Å²) in [4.78, 5) is 18.1. The number of carbonyl (C=O) groups is 1. The molecule has 1 aliphatic heterocycles. The van der Waals surface area contributed by atoms with Crippen molar-refractivity contribution >= 4 is 46.7 Å². The van der Waals surface area contributed by atoms with Crippen molar-refractivity contribution < 1.29 is 4.79 Å². The van der Waals surface area contributed by atoms with E-state index < -0.39 is 0 Å². The lowest BCUT2D eigenvalue weighted by Gasteiger charge is -2.31. The van der Waals surface area contributed by atoms with Crippen LogP contribution in [0.15, 0.2) is 22.9 Å². The molecule has 0 radical (unpaired) electrons. The molecule has 1 aromatic rings. The van der Waals surface area contributed by atoms with Crippen LogP contribution in [0.2, 0.25) is 0 Å². The number of halogens is 3. The first kappa shape index (κ1) is 18.6. The summed E-state index contributed by atoms with van der Waals surface area (Å²) in [7, 11) is 1.97. The van der Waals surface area contributed by atoms with Crippen LogP contribution in [0.4, 0.5) is 0 Å². The fraction of sp³-hybridized carbons (Fsp3) is 0.500. The van der Waals surface area contributed by atoms with E-state index in [9.17, 15) is 4.79 Å². The van der Waals surface area contributed by atoms with E-state index in [4.69, 9.17) is 0 Å². The highest BCUT2D eigenvalue weighted by atomic mass is 79.9. The minimum Gasteiger partial charge on any atom is -0.338 e. The van der Waals surface area contributed by atoms with Crippen LogP contribution in [0, 0.1) is 0 Å². The molecule has 4 nitrogen and oxygen atoms in total. The Kier molecular flexibility index (Phi) is 8.57. The molecule has 1 N–H and O–H groups in total. The molecule has 0 aliphatic carbocycles. The molecule has 1 saturated heterocycles. The van der Waals surface area contributed by atoms with Gasteiger partial charge in [0.25, 0.3) is 5.91 Å². The molecule has 2 rings (SSSR count). The van der Waals surface area contributed by atoms with Gasteiger partial charge in [0.15, 0.2) is 0 Å². The summed E-state index contributed by atoms with van der Waals surface area (Å²) in [6.45, 7) is 1.63. The number of hydrogen-bond acceptors (Lipinski definition) is 3. The number of carbonyl (C=O) groups excluding carboxylic acids is 1. The zero-order chi connectivity index (χ0) is 12.3. The molecule has 0 atom stereocenters. The third kappa shape index (κ3) is 4.91. The average Bonchev–Trinajstić information content (AvgIpc) is 2.38. The fourth-order valence-electron chi connectivity index (χ4n) is 2.08. The SMILES string of the molecule is CNC1CCN(C(=O)c2cncc(Br)c2)CC1.Cl.Cl. The Bertz CT molecular complexity index is 412. The van der Waals surface area contributed by atoms with Crippen molar-refractivity contribution in [3.05, 3.63) is 28.5 Å². The van der Waals surface area contributed by atoms with Gasteiger partial charge < -0.3 is 10.2 Å². The van der Waals surface area contributed by atoms with Crippen molar-refractivity contribution in [2.45, 2.75) is 18.9 Å². The van der Waals surface area contributed by atoms with E-state index in [-0.39, 0.29) is 30.7 Å². The monoisotopic (exact) mass is 369 g/mol. The van der Waals surface area contributed by atoms with Crippen LogP contribution in [0.3, 0.4) is 0 Å². The van der Waals surface area contributed by atoms with Crippen molar-refractivity contribution in [2.24, 2.45) is 0 Å². The lowest BCUT2D eigenvalue weighted by molar-refractivity contribution is 0.0707. The number of amides is 1. The minimum atomic E-state index is 0. The smallest absolute Gasteiger partial charge is 0.255 e. The van der Waals surface area contributed by atoms with Crippen molar-refractivity contribution in [2.75, 3.05) is 20.1 Å². The summed E-state index contributed by atoms with van der Waals surface area (Å²) in [6.07, 6.45) is 5.34. The van der Waals surface area contributed by atoms with Crippen molar-refractivity contribution in [3.63, 3.8) is 0 Å². The molecule has 1 fully saturated rings. The summed E-state index contributed by atoms with van der Waals surface area (Å²) in [6, 6.07) is 2.36. The normalized spacial score (nSPS) is 15.4. The molecule has 1 aliphatic rings. The van der Waals surface area contributed by atoms with Gasteiger partial charge in [0.05, 0.1) is 5.56 Å². The number of hydrogen-bond donors (Lipinski definition) is 1.